The van der Waals surface area contributed by atoms with Crippen LogP contribution < -0.4 is 0 Å². The Kier molecular flexibility index (Phi) is 5.18. The molecular formula is C17H19N5O2S. The van der Waals surface area contributed by atoms with Crippen molar-refractivity contribution < 1.29 is 9.21 Å². The average Bonchev–Trinajstić information content (AvgIpc) is 3.26. The van der Waals surface area contributed by atoms with Crippen LogP contribution in [0.1, 0.15) is 16.9 Å². The minimum absolute atomic E-state index is 0.0176. The molecule has 0 aliphatic carbocycles. The maximum atomic E-state index is 12.3. The van der Waals surface area contributed by atoms with Crippen LogP contribution in [-0.2, 0) is 11.3 Å². The molecule has 0 aliphatic heterocycles. The van der Waals surface area contributed by atoms with Gasteiger partial charge in [0, 0.05) is 7.05 Å². The lowest BCUT2D eigenvalue weighted by atomic mass is 10.1. The van der Waals surface area contributed by atoms with E-state index in [0.717, 1.165) is 11.4 Å². The van der Waals surface area contributed by atoms with Crippen LogP contribution in [0.15, 0.2) is 46.2 Å². The highest BCUT2D eigenvalue weighted by Gasteiger charge is 2.15. The summed E-state index contributed by atoms with van der Waals surface area (Å²) in [7, 11) is 1.75. The summed E-state index contributed by atoms with van der Waals surface area (Å²) in [6.07, 6.45) is 1.60. The number of tetrazole rings is 1. The zero-order valence-corrected chi connectivity index (χ0v) is 15.2. The number of thioether (sulfide) groups is 1. The van der Waals surface area contributed by atoms with E-state index in [1.54, 1.807) is 29.0 Å². The fraction of sp³-hybridized carbons (Fsp3) is 0.294. The van der Waals surface area contributed by atoms with Crippen LogP contribution in [0, 0.1) is 13.8 Å². The van der Waals surface area contributed by atoms with Gasteiger partial charge in [0.1, 0.15) is 5.76 Å². The van der Waals surface area contributed by atoms with Crippen LogP contribution >= 0.6 is 11.8 Å². The van der Waals surface area contributed by atoms with E-state index in [4.69, 9.17) is 4.42 Å². The van der Waals surface area contributed by atoms with Crippen molar-refractivity contribution in [1.29, 1.82) is 0 Å². The van der Waals surface area contributed by atoms with E-state index < -0.39 is 0 Å². The molecular weight excluding hydrogens is 338 g/mol. The smallest absolute Gasteiger partial charge is 0.233 e. The fourth-order valence-electron chi connectivity index (χ4n) is 2.25. The summed E-state index contributed by atoms with van der Waals surface area (Å²) in [5.74, 6) is 0.986. The van der Waals surface area contributed by atoms with Gasteiger partial charge in [-0.2, -0.15) is 4.68 Å². The maximum Gasteiger partial charge on any atom is 0.233 e. The van der Waals surface area contributed by atoms with Crippen LogP contribution in [0.4, 0.5) is 0 Å². The number of hydrogen-bond acceptors (Lipinski definition) is 6. The minimum Gasteiger partial charge on any atom is -0.467 e. The number of hydrogen-bond donors (Lipinski definition) is 0. The first kappa shape index (κ1) is 17.2. The van der Waals surface area contributed by atoms with Gasteiger partial charge in [0.25, 0.3) is 0 Å². The van der Waals surface area contributed by atoms with Gasteiger partial charge in [-0.05, 0) is 59.7 Å². The monoisotopic (exact) mass is 357 g/mol. The first-order chi connectivity index (χ1) is 12.0. The van der Waals surface area contributed by atoms with Crippen LogP contribution in [0.3, 0.4) is 0 Å². The SMILES string of the molecule is Cc1ccc(-n2nnnc2SCC(=O)N(C)Cc2ccco2)cc1C. The van der Waals surface area contributed by atoms with Crippen molar-refractivity contribution in [2.45, 2.75) is 25.5 Å². The largest absolute Gasteiger partial charge is 0.467 e. The van der Waals surface area contributed by atoms with Crippen molar-refractivity contribution in [2.24, 2.45) is 0 Å². The molecule has 0 aliphatic rings. The Balaban J connectivity index is 1.65. The molecule has 2 heterocycles. The number of benzene rings is 1. The van der Waals surface area contributed by atoms with Crippen LogP contribution in [0.2, 0.25) is 0 Å². The molecule has 3 aromatic rings. The number of aryl methyl sites for hydroxylation is 2. The number of carbonyl (C=O) groups excluding carboxylic acids is 1. The number of nitrogens with zero attached hydrogens (tertiary/aromatic N) is 5. The van der Waals surface area contributed by atoms with Gasteiger partial charge in [0.2, 0.25) is 11.1 Å². The number of rotatable bonds is 6. The van der Waals surface area contributed by atoms with Crippen LogP contribution in [-0.4, -0.2) is 43.8 Å². The lowest BCUT2D eigenvalue weighted by molar-refractivity contribution is -0.127. The molecule has 0 fully saturated rings. The minimum atomic E-state index is -0.0176. The summed E-state index contributed by atoms with van der Waals surface area (Å²) in [5.41, 5.74) is 3.26. The maximum absolute atomic E-state index is 12.3. The van der Waals surface area contributed by atoms with E-state index in [-0.39, 0.29) is 11.7 Å². The fourth-order valence-corrected chi connectivity index (χ4v) is 3.08. The molecule has 0 N–H and O–H groups in total. The molecule has 0 atom stereocenters. The van der Waals surface area contributed by atoms with Crippen molar-refractivity contribution in [1.82, 2.24) is 25.1 Å². The van der Waals surface area contributed by atoms with E-state index >= 15 is 0 Å². The average molecular weight is 357 g/mol. The summed E-state index contributed by atoms with van der Waals surface area (Å²) < 4.78 is 6.92. The summed E-state index contributed by atoms with van der Waals surface area (Å²) in [4.78, 5) is 13.9. The normalized spacial score (nSPS) is 10.8. The van der Waals surface area contributed by atoms with Crippen molar-refractivity contribution >= 4 is 17.7 Å². The predicted octanol–water partition coefficient (Wildman–Crippen LogP) is 2.62. The number of aromatic nitrogens is 4. The zero-order valence-electron chi connectivity index (χ0n) is 14.3. The van der Waals surface area contributed by atoms with Crippen molar-refractivity contribution in [3.8, 4) is 5.69 Å². The summed E-state index contributed by atoms with van der Waals surface area (Å²) in [5, 5.41) is 12.4. The van der Waals surface area contributed by atoms with Gasteiger partial charge < -0.3 is 9.32 Å². The molecule has 25 heavy (non-hydrogen) atoms. The molecule has 2 aromatic heterocycles. The molecule has 3 rings (SSSR count). The third-order valence-corrected chi connectivity index (χ3v) is 4.80. The first-order valence-electron chi connectivity index (χ1n) is 7.80. The Labute approximate surface area is 150 Å². The third kappa shape index (κ3) is 4.08. The second kappa shape index (κ2) is 7.52. The van der Waals surface area contributed by atoms with Crippen molar-refractivity contribution in [3.63, 3.8) is 0 Å². The molecule has 0 spiro atoms. The highest BCUT2D eigenvalue weighted by Crippen LogP contribution is 2.20. The Morgan fingerprint density at radius 1 is 1.28 bits per heavy atom. The lowest BCUT2D eigenvalue weighted by Gasteiger charge is -2.15. The van der Waals surface area contributed by atoms with Gasteiger partial charge in [-0.15, -0.1) is 5.10 Å². The topological polar surface area (TPSA) is 77.1 Å². The van der Waals surface area contributed by atoms with E-state index in [2.05, 4.69) is 22.4 Å². The highest BCUT2D eigenvalue weighted by molar-refractivity contribution is 7.99. The van der Waals surface area contributed by atoms with Gasteiger partial charge in [-0.3, -0.25) is 4.79 Å². The van der Waals surface area contributed by atoms with Gasteiger partial charge >= 0.3 is 0 Å². The molecule has 0 saturated heterocycles. The highest BCUT2D eigenvalue weighted by atomic mass is 32.2. The Hall–Kier alpha value is -2.61. The summed E-state index contributed by atoms with van der Waals surface area (Å²) in [6, 6.07) is 9.68. The Bertz CT molecular complexity index is 860. The molecule has 0 saturated carbocycles. The van der Waals surface area contributed by atoms with Gasteiger partial charge in [-0.1, -0.05) is 17.8 Å². The van der Waals surface area contributed by atoms with Gasteiger partial charge in [0.15, 0.2) is 0 Å². The molecule has 1 aromatic carbocycles. The summed E-state index contributed by atoms with van der Waals surface area (Å²) in [6.45, 7) is 4.54. The van der Waals surface area contributed by atoms with E-state index in [9.17, 15) is 4.79 Å². The molecule has 0 radical (unpaired) electrons. The molecule has 8 heteroatoms. The van der Waals surface area contributed by atoms with Crippen molar-refractivity contribution in [3.05, 3.63) is 53.5 Å². The molecule has 1 amide bonds. The molecule has 0 unspecified atom stereocenters. The van der Waals surface area contributed by atoms with Crippen LogP contribution in [0.5, 0.6) is 0 Å². The standard InChI is InChI=1S/C17H19N5O2S/c1-12-6-7-14(9-13(12)2)22-17(18-19-20-22)25-11-16(23)21(3)10-15-5-4-8-24-15/h4-9H,10-11H2,1-3H3. The zero-order chi connectivity index (χ0) is 17.8. The predicted molar refractivity (Wildman–Crippen MR) is 94.5 cm³/mol. The molecule has 130 valence electrons. The second-order valence-corrected chi connectivity index (χ2v) is 6.70. The third-order valence-electron chi connectivity index (χ3n) is 3.90. The van der Waals surface area contributed by atoms with E-state index in [0.29, 0.717) is 11.7 Å². The van der Waals surface area contributed by atoms with Gasteiger partial charge in [-0.25, -0.2) is 0 Å². The first-order valence-corrected chi connectivity index (χ1v) is 8.78. The molecule has 7 nitrogen and oxygen atoms in total. The lowest BCUT2D eigenvalue weighted by Crippen LogP contribution is -2.27. The van der Waals surface area contributed by atoms with Crippen LogP contribution in [0.25, 0.3) is 5.69 Å². The van der Waals surface area contributed by atoms with E-state index in [1.165, 1.54) is 22.9 Å². The Morgan fingerprint density at radius 3 is 2.84 bits per heavy atom. The number of furan rings is 1. The van der Waals surface area contributed by atoms with Gasteiger partial charge in [0.05, 0.1) is 24.2 Å². The second-order valence-electron chi connectivity index (χ2n) is 5.76. The van der Waals surface area contributed by atoms with Crippen molar-refractivity contribution in [2.75, 3.05) is 12.8 Å². The number of carbonyl (C=O) groups is 1. The quantitative estimate of drug-likeness (QED) is 0.631. The van der Waals surface area contributed by atoms with E-state index in [1.807, 2.05) is 31.2 Å². The Morgan fingerprint density at radius 2 is 2.12 bits per heavy atom. The number of amides is 1. The molecule has 0 bridgehead atoms. The summed E-state index contributed by atoms with van der Waals surface area (Å²) >= 11 is 1.31.